The number of benzene rings is 2. The Labute approximate surface area is 196 Å². The monoisotopic (exact) mass is 498 g/mol. The number of carbonyl (C=O) groups excluding carboxylic acids is 3. The van der Waals surface area contributed by atoms with Gasteiger partial charge >= 0.3 is 11.9 Å². The summed E-state index contributed by atoms with van der Waals surface area (Å²) in [6.07, 6.45) is 0.632. The molecule has 0 heterocycles. The summed E-state index contributed by atoms with van der Waals surface area (Å²) in [4.78, 5) is 36.0. The fourth-order valence-electron chi connectivity index (χ4n) is 2.60. The number of ether oxygens (including phenoxy) is 3. The SMILES string of the molecule is CCCNS(=O)(=O)c1ccc(OCC(=O)Nc2cc(C(=O)OC)cc(C(=O)OC)c2)c(Cl)c1. The molecule has 0 bridgehead atoms. The quantitative estimate of drug-likeness (QED) is 0.477. The van der Waals surface area contributed by atoms with E-state index in [1.54, 1.807) is 0 Å². The van der Waals surface area contributed by atoms with Crippen molar-refractivity contribution in [3.05, 3.63) is 52.5 Å². The van der Waals surface area contributed by atoms with Gasteiger partial charge in [0.2, 0.25) is 10.0 Å². The molecule has 0 aromatic heterocycles. The van der Waals surface area contributed by atoms with Gasteiger partial charge in [-0.25, -0.2) is 22.7 Å². The first-order valence-electron chi connectivity index (χ1n) is 9.64. The molecule has 2 aromatic rings. The van der Waals surface area contributed by atoms with Crippen molar-refractivity contribution in [2.24, 2.45) is 0 Å². The van der Waals surface area contributed by atoms with Gasteiger partial charge < -0.3 is 19.5 Å². The van der Waals surface area contributed by atoms with E-state index in [4.69, 9.17) is 16.3 Å². The Bertz CT molecular complexity index is 1120. The molecule has 0 saturated carbocycles. The number of amides is 1. The maximum Gasteiger partial charge on any atom is 0.337 e. The lowest BCUT2D eigenvalue weighted by Crippen LogP contribution is -2.24. The molecule has 0 aliphatic rings. The summed E-state index contributed by atoms with van der Waals surface area (Å²) < 4.78 is 41.5. The van der Waals surface area contributed by atoms with Gasteiger partial charge in [-0.15, -0.1) is 0 Å². The van der Waals surface area contributed by atoms with Gasteiger partial charge in [0, 0.05) is 12.2 Å². The van der Waals surface area contributed by atoms with Gasteiger partial charge in [0.1, 0.15) is 5.75 Å². The highest BCUT2D eigenvalue weighted by Crippen LogP contribution is 2.27. The van der Waals surface area contributed by atoms with Crippen LogP contribution in [0.15, 0.2) is 41.3 Å². The molecule has 178 valence electrons. The van der Waals surface area contributed by atoms with Crippen molar-refractivity contribution < 1.29 is 37.0 Å². The average Bonchev–Trinajstić information content (AvgIpc) is 2.80. The second-order valence-corrected chi connectivity index (χ2v) is 8.78. The van der Waals surface area contributed by atoms with Crippen molar-refractivity contribution in [3.63, 3.8) is 0 Å². The maximum absolute atomic E-state index is 12.3. The van der Waals surface area contributed by atoms with Crippen molar-refractivity contribution >= 4 is 45.2 Å². The lowest BCUT2D eigenvalue weighted by molar-refractivity contribution is -0.118. The third-order valence-corrected chi connectivity index (χ3v) is 5.93. The first-order chi connectivity index (χ1) is 15.6. The molecule has 0 spiro atoms. The summed E-state index contributed by atoms with van der Waals surface area (Å²) in [7, 11) is -1.35. The minimum Gasteiger partial charge on any atom is -0.482 e. The maximum atomic E-state index is 12.3. The Morgan fingerprint density at radius 1 is 0.970 bits per heavy atom. The molecule has 0 aliphatic carbocycles. The summed E-state index contributed by atoms with van der Waals surface area (Å²) >= 11 is 6.10. The lowest BCUT2D eigenvalue weighted by atomic mass is 10.1. The highest BCUT2D eigenvalue weighted by molar-refractivity contribution is 7.89. The molecule has 0 unspecified atom stereocenters. The number of sulfonamides is 1. The van der Waals surface area contributed by atoms with Crippen molar-refractivity contribution in [3.8, 4) is 5.75 Å². The molecule has 1 amide bonds. The standard InChI is InChI=1S/C21H23ClN2O8S/c1-4-7-23-33(28,29)16-5-6-18(17(22)11-16)32-12-19(25)24-15-9-13(20(26)30-2)8-14(10-15)21(27)31-3/h5-6,8-11,23H,4,7,12H2,1-3H3,(H,24,25). The minimum absolute atomic E-state index is 0.00263. The molecule has 12 heteroatoms. The first kappa shape index (κ1) is 26.1. The second-order valence-electron chi connectivity index (χ2n) is 6.61. The smallest absolute Gasteiger partial charge is 0.337 e. The normalized spacial score (nSPS) is 10.9. The number of anilines is 1. The van der Waals surface area contributed by atoms with E-state index < -0.39 is 34.5 Å². The first-order valence-corrected chi connectivity index (χ1v) is 11.5. The summed E-state index contributed by atoms with van der Waals surface area (Å²) in [5.74, 6) is -1.93. The second kappa shape index (κ2) is 11.6. The fraction of sp³-hybridized carbons (Fsp3) is 0.286. The Morgan fingerprint density at radius 2 is 1.58 bits per heavy atom. The Kier molecular flexibility index (Phi) is 9.21. The van der Waals surface area contributed by atoms with Gasteiger partial charge in [-0.2, -0.15) is 0 Å². The van der Waals surface area contributed by atoms with Gasteiger partial charge in [-0.3, -0.25) is 4.79 Å². The molecule has 2 N–H and O–H groups in total. The van der Waals surface area contributed by atoms with Crippen LogP contribution in [0.25, 0.3) is 0 Å². The number of carbonyl (C=O) groups is 3. The number of hydrogen-bond acceptors (Lipinski definition) is 8. The van der Waals surface area contributed by atoms with Crippen LogP contribution in [-0.4, -0.2) is 53.6 Å². The van der Waals surface area contributed by atoms with E-state index in [1.165, 1.54) is 50.6 Å². The highest BCUT2D eigenvalue weighted by Gasteiger charge is 2.17. The highest BCUT2D eigenvalue weighted by atomic mass is 35.5. The Morgan fingerprint density at radius 3 is 2.09 bits per heavy atom. The van der Waals surface area contributed by atoms with E-state index in [1.807, 2.05) is 6.92 Å². The van der Waals surface area contributed by atoms with Gasteiger partial charge in [0.15, 0.2) is 6.61 Å². The number of hydrogen-bond donors (Lipinski definition) is 2. The van der Waals surface area contributed by atoms with Crippen LogP contribution in [0.3, 0.4) is 0 Å². The third kappa shape index (κ3) is 7.17. The van der Waals surface area contributed by atoms with E-state index in [0.717, 1.165) is 0 Å². The van der Waals surface area contributed by atoms with Crippen molar-refractivity contribution in [1.29, 1.82) is 0 Å². The molecule has 33 heavy (non-hydrogen) atoms. The van der Waals surface area contributed by atoms with E-state index in [-0.39, 0.29) is 39.0 Å². The number of methoxy groups -OCH3 is 2. The van der Waals surface area contributed by atoms with E-state index in [9.17, 15) is 22.8 Å². The molecular formula is C21H23ClN2O8S. The van der Waals surface area contributed by atoms with E-state index in [2.05, 4.69) is 19.5 Å². The zero-order valence-corrected chi connectivity index (χ0v) is 19.7. The van der Waals surface area contributed by atoms with Crippen molar-refractivity contribution in [1.82, 2.24) is 4.72 Å². The summed E-state index contributed by atoms with van der Waals surface area (Å²) in [5, 5.41) is 2.50. The summed E-state index contributed by atoms with van der Waals surface area (Å²) in [5.41, 5.74) is 0.211. The minimum atomic E-state index is -3.71. The van der Waals surface area contributed by atoms with Crippen LogP contribution in [0.2, 0.25) is 5.02 Å². The average molecular weight is 499 g/mol. The predicted molar refractivity (Wildman–Crippen MR) is 120 cm³/mol. The van der Waals surface area contributed by atoms with Gasteiger partial charge in [-0.1, -0.05) is 18.5 Å². The number of esters is 2. The molecule has 0 aliphatic heterocycles. The number of rotatable bonds is 10. The van der Waals surface area contributed by atoms with Crippen LogP contribution in [0, 0.1) is 0 Å². The molecule has 0 fully saturated rings. The van der Waals surface area contributed by atoms with E-state index >= 15 is 0 Å². The van der Waals surface area contributed by atoms with Gasteiger partial charge in [0.05, 0.1) is 35.3 Å². The zero-order chi connectivity index (χ0) is 24.6. The fourth-order valence-corrected chi connectivity index (χ4v) is 4.06. The molecule has 2 rings (SSSR count). The third-order valence-electron chi connectivity index (χ3n) is 4.17. The Balaban J connectivity index is 2.11. The van der Waals surface area contributed by atoms with Gasteiger partial charge in [0.25, 0.3) is 5.91 Å². The lowest BCUT2D eigenvalue weighted by Gasteiger charge is -2.12. The van der Waals surface area contributed by atoms with Crippen LogP contribution in [0.1, 0.15) is 34.1 Å². The Hall–Kier alpha value is -3.15. The van der Waals surface area contributed by atoms with Crippen LogP contribution < -0.4 is 14.8 Å². The zero-order valence-electron chi connectivity index (χ0n) is 18.1. The molecule has 10 nitrogen and oxygen atoms in total. The topological polar surface area (TPSA) is 137 Å². The summed E-state index contributed by atoms with van der Waals surface area (Å²) in [6.45, 7) is 1.64. The molecular weight excluding hydrogens is 476 g/mol. The van der Waals surface area contributed by atoms with Crippen LogP contribution in [0.5, 0.6) is 5.75 Å². The molecule has 2 aromatic carbocycles. The number of halogens is 1. The van der Waals surface area contributed by atoms with Crippen molar-refractivity contribution in [2.45, 2.75) is 18.2 Å². The van der Waals surface area contributed by atoms with Crippen LogP contribution in [-0.2, 0) is 24.3 Å². The molecule has 0 saturated heterocycles. The van der Waals surface area contributed by atoms with Crippen LogP contribution >= 0.6 is 11.6 Å². The van der Waals surface area contributed by atoms with Gasteiger partial charge in [-0.05, 0) is 42.8 Å². The predicted octanol–water partition coefficient (Wildman–Crippen LogP) is 2.62. The largest absolute Gasteiger partial charge is 0.482 e. The van der Waals surface area contributed by atoms with Crippen LogP contribution in [0.4, 0.5) is 5.69 Å². The summed E-state index contributed by atoms with van der Waals surface area (Å²) in [6, 6.07) is 7.78. The molecule has 0 radical (unpaired) electrons. The number of nitrogens with one attached hydrogen (secondary N) is 2. The molecule has 0 atom stereocenters. The van der Waals surface area contributed by atoms with E-state index in [0.29, 0.717) is 6.42 Å². The van der Waals surface area contributed by atoms with Crippen molar-refractivity contribution in [2.75, 3.05) is 32.7 Å².